The zero-order valence-electron chi connectivity index (χ0n) is 11.9. The molecule has 0 unspecified atom stereocenters. The van der Waals surface area contributed by atoms with E-state index in [2.05, 4.69) is 36.4 Å². The van der Waals surface area contributed by atoms with Crippen LogP contribution in [0, 0.1) is 6.92 Å². The quantitative estimate of drug-likeness (QED) is 0.640. The third-order valence-corrected chi connectivity index (χ3v) is 5.09. The number of rotatable bonds is 5. The summed E-state index contributed by atoms with van der Waals surface area (Å²) in [5.41, 5.74) is 1.70. The molecule has 0 atom stereocenters. The molecule has 0 aliphatic rings. The van der Waals surface area contributed by atoms with Gasteiger partial charge >= 0.3 is 0 Å². The maximum atomic E-state index is 11.9. The van der Waals surface area contributed by atoms with Gasteiger partial charge in [0.15, 0.2) is 5.13 Å². The zero-order valence-corrected chi connectivity index (χ0v) is 15.2. The molecule has 1 amide bonds. The summed E-state index contributed by atoms with van der Waals surface area (Å²) in [7, 11) is 0. The summed E-state index contributed by atoms with van der Waals surface area (Å²) in [6.07, 6.45) is 0. The van der Waals surface area contributed by atoms with Gasteiger partial charge < -0.3 is 9.73 Å². The molecule has 0 saturated carbocycles. The molecule has 1 N–H and O–H groups in total. The van der Waals surface area contributed by atoms with Crippen LogP contribution in [0.2, 0.25) is 0 Å². The molecule has 0 saturated heterocycles. The van der Waals surface area contributed by atoms with Gasteiger partial charge in [-0.25, -0.2) is 4.98 Å². The molecule has 1 aromatic carbocycles. The van der Waals surface area contributed by atoms with Crippen LogP contribution in [0.15, 0.2) is 43.8 Å². The first-order valence-electron chi connectivity index (χ1n) is 6.55. The molecule has 2 heterocycles. The first-order chi connectivity index (χ1) is 11.1. The number of anilines is 1. The van der Waals surface area contributed by atoms with E-state index >= 15 is 0 Å². The van der Waals surface area contributed by atoms with Crippen molar-refractivity contribution < 1.29 is 9.21 Å². The minimum Gasteiger partial charge on any atom is -0.411 e. The third kappa shape index (κ3) is 4.18. The van der Waals surface area contributed by atoms with Crippen LogP contribution in [0.4, 0.5) is 5.13 Å². The van der Waals surface area contributed by atoms with E-state index in [1.165, 1.54) is 23.1 Å². The van der Waals surface area contributed by atoms with Gasteiger partial charge in [-0.15, -0.1) is 21.5 Å². The fourth-order valence-corrected chi connectivity index (χ4v) is 3.43. The van der Waals surface area contributed by atoms with Crippen LogP contribution >= 0.6 is 39.0 Å². The molecule has 3 rings (SSSR count). The molecule has 2 aromatic heterocycles. The molecule has 0 spiro atoms. The van der Waals surface area contributed by atoms with Crippen LogP contribution in [0.5, 0.6) is 0 Å². The summed E-state index contributed by atoms with van der Waals surface area (Å²) < 4.78 is 6.45. The largest absolute Gasteiger partial charge is 0.411 e. The number of aryl methyl sites for hydroxylation is 1. The second-order valence-electron chi connectivity index (χ2n) is 4.48. The van der Waals surface area contributed by atoms with Crippen molar-refractivity contribution in [2.75, 3.05) is 11.1 Å². The van der Waals surface area contributed by atoms with Gasteiger partial charge in [0.25, 0.3) is 5.22 Å². The highest BCUT2D eigenvalue weighted by Crippen LogP contribution is 2.29. The fraction of sp³-hybridized carbons (Fsp3) is 0.143. The average molecular weight is 411 g/mol. The molecule has 0 aliphatic heterocycles. The molecule has 3 aromatic rings. The van der Waals surface area contributed by atoms with Crippen LogP contribution in [-0.4, -0.2) is 26.8 Å². The Bertz CT molecular complexity index is 834. The molecule has 23 heavy (non-hydrogen) atoms. The van der Waals surface area contributed by atoms with Crippen molar-refractivity contribution in [1.82, 2.24) is 15.2 Å². The van der Waals surface area contributed by atoms with E-state index in [0.717, 1.165) is 15.7 Å². The standard InChI is InChI=1S/C14H11BrN4O2S2/c1-8-6-22-13(16-8)17-11(20)7-23-14-19-18-12(21-14)9-4-2-3-5-10(9)15/h2-6H,7H2,1H3,(H,16,17,20). The van der Waals surface area contributed by atoms with Gasteiger partial charge in [0.1, 0.15) is 0 Å². The second-order valence-corrected chi connectivity index (χ2v) is 7.12. The fourth-order valence-electron chi connectivity index (χ4n) is 1.71. The minimum absolute atomic E-state index is 0.162. The highest BCUT2D eigenvalue weighted by atomic mass is 79.9. The first-order valence-corrected chi connectivity index (χ1v) is 9.21. The lowest BCUT2D eigenvalue weighted by Crippen LogP contribution is -2.13. The summed E-state index contributed by atoms with van der Waals surface area (Å²) in [5.74, 6) is 0.428. The van der Waals surface area contributed by atoms with Crippen molar-refractivity contribution in [2.45, 2.75) is 12.1 Å². The number of hydrogen-bond acceptors (Lipinski definition) is 7. The molecule has 9 heteroatoms. The van der Waals surface area contributed by atoms with Crippen molar-refractivity contribution >= 4 is 50.1 Å². The Morgan fingerprint density at radius 1 is 1.39 bits per heavy atom. The number of aromatic nitrogens is 3. The number of amides is 1. The van der Waals surface area contributed by atoms with Crippen molar-refractivity contribution in [3.05, 3.63) is 39.8 Å². The highest BCUT2D eigenvalue weighted by Gasteiger charge is 2.13. The van der Waals surface area contributed by atoms with Crippen LogP contribution < -0.4 is 5.32 Å². The van der Waals surface area contributed by atoms with Gasteiger partial charge in [-0.2, -0.15) is 0 Å². The number of halogens is 1. The highest BCUT2D eigenvalue weighted by molar-refractivity contribution is 9.10. The smallest absolute Gasteiger partial charge is 0.277 e. The lowest BCUT2D eigenvalue weighted by atomic mass is 10.2. The van der Waals surface area contributed by atoms with Crippen molar-refractivity contribution in [2.24, 2.45) is 0 Å². The average Bonchev–Trinajstić information content (AvgIpc) is 3.15. The van der Waals surface area contributed by atoms with Crippen molar-refractivity contribution in [3.8, 4) is 11.5 Å². The molecule has 0 fully saturated rings. The van der Waals surface area contributed by atoms with Crippen LogP contribution in [0.25, 0.3) is 11.5 Å². The van der Waals surface area contributed by atoms with Gasteiger partial charge in [-0.05, 0) is 35.0 Å². The van der Waals surface area contributed by atoms with Crippen LogP contribution in [-0.2, 0) is 4.79 Å². The minimum atomic E-state index is -0.162. The Labute approximate surface area is 148 Å². The van der Waals surface area contributed by atoms with Crippen molar-refractivity contribution in [1.29, 1.82) is 0 Å². The van der Waals surface area contributed by atoms with E-state index in [4.69, 9.17) is 4.42 Å². The molecule has 118 valence electrons. The predicted molar refractivity (Wildman–Crippen MR) is 93.6 cm³/mol. The van der Waals surface area contributed by atoms with E-state index in [-0.39, 0.29) is 11.7 Å². The van der Waals surface area contributed by atoms with Gasteiger partial charge in [-0.1, -0.05) is 23.9 Å². The molecule has 6 nitrogen and oxygen atoms in total. The van der Waals surface area contributed by atoms with Gasteiger partial charge in [-0.3, -0.25) is 4.79 Å². The Morgan fingerprint density at radius 2 is 2.22 bits per heavy atom. The lowest BCUT2D eigenvalue weighted by molar-refractivity contribution is -0.113. The van der Waals surface area contributed by atoms with E-state index in [9.17, 15) is 4.79 Å². The summed E-state index contributed by atoms with van der Waals surface area (Å²) in [5, 5.41) is 13.5. The SMILES string of the molecule is Cc1csc(NC(=O)CSc2nnc(-c3ccccc3Br)o2)n1. The summed E-state index contributed by atoms with van der Waals surface area (Å²) in [6.45, 7) is 1.88. The lowest BCUT2D eigenvalue weighted by Gasteiger charge is -1.99. The van der Waals surface area contributed by atoms with Gasteiger partial charge in [0.05, 0.1) is 17.0 Å². The first kappa shape index (κ1) is 16.2. The summed E-state index contributed by atoms with van der Waals surface area (Å²) in [6, 6.07) is 7.57. The Hall–Kier alpha value is -1.71. The molecule has 0 aliphatic carbocycles. The second kappa shape index (κ2) is 7.24. The number of carbonyl (C=O) groups excluding carboxylic acids is 1. The van der Waals surface area contributed by atoms with E-state index in [0.29, 0.717) is 16.2 Å². The number of thiazole rings is 1. The number of hydrogen-bond donors (Lipinski definition) is 1. The van der Waals surface area contributed by atoms with E-state index in [1.54, 1.807) is 0 Å². The Balaban J connectivity index is 1.59. The third-order valence-electron chi connectivity index (χ3n) is 2.70. The molecular weight excluding hydrogens is 400 g/mol. The summed E-state index contributed by atoms with van der Waals surface area (Å²) >= 11 is 6.02. The maximum Gasteiger partial charge on any atom is 0.277 e. The number of carbonyl (C=O) groups is 1. The van der Waals surface area contributed by atoms with E-state index in [1.807, 2.05) is 36.6 Å². The summed E-state index contributed by atoms with van der Waals surface area (Å²) in [4.78, 5) is 16.0. The van der Waals surface area contributed by atoms with Gasteiger partial charge in [0, 0.05) is 9.85 Å². The number of nitrogens with zero attached hydrogens (tertiary/aromatic N) is 3. The van der Waals surface area contributed by atoms with E-state index < -0.39 is 0 Å². The topological polar surface area (TPSA) is 80.9 Å². The van der Waals surface area contributed by atoms with Gasteiger partial charge in [0.2, 0.25) is 11.8 Å². The molecule has 0 radical (unpaired) electrons. The number of thioether (sulfide) groups is 1. The predicted octanol–water partition coefficient (Wildman–Crippen LogP) is 3.99. The van der Waals surface area contributed by atoms with Crippen LogP contribution in [0.3, 0.4) is 0 Å². The normalized spacial score (nSPS) is 10.7. The maximum absolute atomic E-state index is 11.9. The number of nitrogens with one attached hydrogen (secondary N) is 1. The van der Waals surface area contributed by atoms with Crippen molar-refractivity contribution in [3.63, 3.8) is 0 Å². The van der Waals surface area contributed by atoms with Crippen LogP contribution in [0.1, 0.15) is 5.69 Å². The zero-order chi connectivity index (χ0) is 16.2. The molecule has 0 bridgehead atoms. The molecular formula is C14H11BrN4O2S2. The number of benzene rings is 1. The monoisotopic (exact) mass is 410 g/mol. The Kier molecular flexibility index (Phi) is 5.09. The Morgan fingerprint density at radius 3 is 2.96 bits per heavy atom.